The molecular weight excluding hydrogens is 436 g/mol. The standard InChI is InChI=1S/C20H23AsFN5O2/c1-12(2)26-7-9-27(10-8-26)20(28)18-17-16(5-6-23-19(17)25-24-18)29-15-4-3-13(21)11-14(15)22/h3-6,11-12H,7-10,21H2,1-2H3,(H,23,24,25). The van der Waals surface area contributed by atoms with E-state index in [0.717, 1.165) is 17.4 Å². The SMILES string of the molecule is CC(C)N1CCN(C(=O)c2n[nH]c3nccc(Oc4ccc([AsH2])cc4F)c23)CC1. The minimum absolute atomic E-state index is 0.101. The van der Waals surface area contributed by atoms with Crippen LogP contribution in [0.25, 0.3) is 11.0 Å². The van der Waals surface area contributed by atoms with Gasteiger partial charge in [-0.3, -0.25) is 4.90 Å². The number of amides is 1. The second kappa shape index (κ2) is 8.12. The number of ether oxygens (including phenoxy) is 1. The number of hydrogen-bond acceptors (Lipinski definition) is 5. The van der Waals surface area contributed by atoms with Crippen LogP contribution in [0.4, 0.5) is 4.39 Å². The van der Waals surface area contributed by atoms with Crippen LogP contribution in [0.15, 0.2) is 30.5 Å². The Morgan fingerprint density at radius 2 is 1.97 bits per heavy atom. The number of nitrogens with one attached hydrogen (secondary N) is 1. The van der Waals surface area contributed by atoms with Gasteiger partial charge in [0.2, 0.25) is 0 Å². The maximum absolute atomic E-state index is 14.3. The van der Waals surface area contributed by atoms with Crippen LogP contribution in [0.3, 0.4) is 0 Å². The van der Waals surface area contributed by atoms with E-state index >= 15 is 0 Å². The monoisotopic (exact) mass is 459 g/mol. The number of carbonyl (C=O) groups excluding carboxylic acids is 1. The molecule has 4 rings (SSSR count). The molecule has 3 heterocycles. The summed E-state index contributed by atoms with van der Waals surface area (Å²) in [6, 6.07) is 6.89. The third-order valence-corrected chi connectivity index (χ3v) is 5.89. The Kier molecular flexibility index (Phi) is 5.56. The zero-order chi connectivity index (χ0) is 20.5. The Labute approximate surface area is 176 Å². The van der Waals surface area contributed by atoms with Crippen LogP contribution >= 0.6 is 0 Å². The molecule has 1 amide bonds. The van der Waals surface area contributed by atoms with Crippen LogP contribution < -0.4 is 9.09 Å². The first-order chi connectivity index (χ1) is 13.9. The molecule has 1 aliphatic rings. The molecule has 1 aromatic carbocycles. The van der Waals surface area contributed by atoms with Crippen molar-refractivity contribution >= 4 is 38.1 Å². The quantitative estimate of drug-likeness (QED) is 0.596. The van der Waals surface area contributed by atoms with Crippen molar-refractivity contribution in [2.75, 3.05) is 26.2 Å². The molecule has 1 N–H and O–H groups in total. The Bertz CT molecular complexity index is 1050. The topological polar surface area (TPSA) is 74.4 Å². The van der Waals surface area contributed by atoms with Crippen LogP contribution in [0.1, 0.15) is 24.3 Å². The van der Waals surface area contributed by atoms with Gasteiger partial charge in [0.05, 0.1) is 0 Å². The summed E-state index contributed by atoms with van der Waals surface area (Å²) in [5.41, 5.74) is 0.680. The van der Waals surface area contributed by atoms with Crippen molar-refractivity contribution < 1.29 is 13.9 Å². The summed E-state index contributed by atoms with van der Waals surface area (Å²) in [6.45, 7) is 7.22. The molecule has 0 bridgehead atoms. The van der Waals surface area contributed by atoms with E-state index < -0.39 is 5.82 Å². The molecule has 9 heteroatoms. The Morgan fingerprint density at radius 1 is 1.21 bits per heavy atom. The molecule has 0 aliphatic carbocycles. The van der Waals surface area contributed by atoms with E-state index in [4.69, 9.17) is 4.74 Å². The summed E-state index contributed by atoms with van der Waals surface area (Å²) in [4.78, 5) is 21.5. The normalized spacial score (nSPS) is 15.3. The van der Waals surface area contributed by atoms with Gasteiger partial charge in [0.25, 0.3) is 0 Å². The van der Waals surface area contributed by atoms with E-state index in [2.05, 4.69) is 33.9 Å². The summed E-state index contributed by atoms with van der Waals surface area (Å²) in [7, 11) is 0. The van der Waals surface area contributed by atoms with E-state index in [1.54, 1.807) is 29.3 Å². The van der Waals surface area contributed by atoms with Gasteiger partial charge in [-0.1, -0.05) is 0 Å². The molecule has 0 spiro atoms. The number of nitrogens with zero attached hydrogens (tertiary/aromatic N) is 4. The third-order valence-electron chi connectivity index (χ3n) is 5.13. The second-order valence-electron chi connectivity index (χ2n) is 7.32. The van der Waals surface area contributed by atoms with Gasteiger partial charge in [0.1, 0.15) is 0 Å². The Morgan fingerprint density at radius 3 is 2.66 bits per heavy atom. The third kappa shape index (κ3) is 4.00. The van der Waals surface area contributed by atoms with Crippen LogP contribution in [0.5, 0.6) is 11.5 Å². The van der Waals surface area contributed by atoms with E-state index in [-0.39, 0.29) is 17.4 Å². The molecule has 1 fully saturated rings. The Hall–Kier alpha value is -2.44. The molecule has 7 nitrogen and oxygen atoms in total. The number of pyridine rings is 1. The van der Waals surface area contributed by atoms with E-state index in [9.17, 15) is 9.18 Å². The van der Waals surface area contributed by atoms with E-state index in [1.165, 1.54) is 22.9 Å². The molecule has 1 atom stereocenters. The number of rotatable bonds is 4. The average molecular weight is 459 g/mol. The molecule has 29 heavy (non-hydrogen) atoms. The molecule has 0 saturated carbocycles. The van der Waals surface area contributed by atoms with Gasteiger partial charge in [0.15, 0.2) is 0 Å². The van der Waals surface area contributed by atoms with Crippen molar-refractivity contribution in [3.05, 3.63) is 42.0 Å². The van der Waals surface area contributed by atoms with Gasteiger partial charge in [0, 0.05) is 6.04 Å². The van der Waals surface area contributed by atoms with Gasteiger partial charge in [-0.05, 0) is 13.8 Å². The van der Waals surface area contributed by atoms with Crippen molar-refractivity contribution in [1.29, 1.82) is 0 Å². The van der Waals surface area contributed by atoms with Crippen molar-refractivity contribution in [1.82, 2.24) is 25.0 Å². The zero-order valence-electron chi connectivity index (χ0n) is 16.4. The summed E-state index contributed by atoms with van der Waals surface area (Å²) in [6.07, 6.45) is 1.54. The van der Waals surface area contributed by atoms with Crippen LogP contribution in [-0.2, 0) is 0 Å². The number of carbonyl (C=O) groups is 1. The minimum atomic E-state index is -0.446. The van der Waals surface area contributed by atoms with Crippen LogP contribution in [-0.4, -0.2) is 80.0 Å². The number of fused-ring (bicyclic) bond motifs is 1. The predicted octanol–water partition coefficient (Wildman–Crippen LogP) is 1.31. The first-order valence-corrected chi connectivity index (χ1v) is 10.7. The summed E-state index contributed by atoms with van der Waals surface area (Å²) >= 11 is 1.34. The number of H-pyrrole nitrogens is 1. The maximum atomic E-state index is 14.3. The fraction of sp³-hybridized carbons (Fsp3) is 0.350. The molecular formula is C20H23AsFN5O2. The first kappa shape index (κ1) is 19.9. The number of aromatic amines is 1. The number of halogens is 1. The van der Waals surface area contributed by atoms with E-state index in [0.29, 0.717) is 35.9 Å². The van der Waals surface area contributed by atoms with Gasteiger partial charge in [-0.15, -0.1) is 0 Å². The summed E-state index contributed by atoms with van der Waals surface area (Å²) in [5, 5.41) is 7.46. The summed E-state index contributed by atoms with van der Waals surface area (Å²) < 4.78 is 21.0. The molecule has 1 unspecified atom stereocenters. The molecule has 2 aromatic heterocycles. The molecule has 3 aromatic rings. The first-order valence-electron chi connectivity index (χ1n) is 9.53. The van der Waals surface area contributed by atoms with Crippen molar-refractivity contribution in [2.45, 2.75) is 19.9 Å². The van der Waals surface area contributed by atoms with E-state index in [1.807, 2.05) is 0 Å². The number of hydrogen-bond donors (Lipinski definition) is 1. The Balaban J connectivity index is 1.63. The average Bonchev–Trinajstić information content (AvgIpc) is 3.15. The molecule has 152 valence electrons. The molecule has 0 radical (unpaired) electrons. The van der Waals surface area contributed by atoms with Gasteiger partial charge >= 0.3 is 152 Å². The zero-order valence-corrected chi connectivity index (χ0v) is 18.8. The van der Waals surface area contributed by atoms with Gasteiger partial charge in [-0.25, -0.2) is 0 Å². The summed E-state index contributed by atoms with van der Waals surface area (Å²) in [5.74, 6) is -0.173. The van der Waals surface area contributed by atoms with Crippen molar-refractivity contribution in [3.63, 3.8) is 0 Å². The van der Waals surface area contributed by atoms with Gasteiger partial charge in [-0.2, -0.15) is 0 Å². The number of aromatic nitrogens is 3. The second-order valence-corrected chi connectivity index (χ2v) is 8.72. The number of piperazine rings is 1. The molecule has 1 saturated heterocycles. The predicted molar refractivity (Wildman–Crippen MR) is 111 cm³/mol. The fourth-order valence-electron chi connectivity index (χ4n) is 3.47. The van der Waals surface area contributed by atoms with Crippen LogP contribution in [0.2, 0.25) is 0 Å². The van der Waals surface area contributed by atoms with Crippen molar-refractivity contribution in [3.8, 4) is 11.5 Å². The van der Waals surface area contributed by atoms with Crippen LogP contribution in [0, 0.1) is 5.82 Å². The van der Waals surface area contributed by atoms with Gasteiger partial charge < -0.3 is 0 Å². The number of benzene rings is 1. The van der Waals surface area contributed by atoms with Crippen molar-refractivity contribution in [2.24, 2.45) is 0 Å². The molecule has 1 aliphatic heterocycles. The fourth-order valence-corrected chi connectivity index (χ4v) is 3.98.